The number of nitrogens with one attached hydrogen (secondary N) is 1. The third kappa shape index (κ3) is 2.82. The van der Waals surface area contributed by atoms with Crippen molar-refractivity contribution in [2.24, 2.45) is 5.92 Å². The van der Waals surface area contributed by atoms with Crippen LogP contribution in [0, 0.1) is 5.92 Å². The second kappa shape index (κ2) is 5.71. The molecule has 1 fully saturated rings. The van der Waals surface area contributed by atoms with Crippen molar-refractivity contribution in [2.75, 3.05) is 6.54 Å². The smallest absolute Gasteiger partial charge is 0.325 e. The molecule has 1 saturated heterocycles. The van der Waals surface area contributed by atoms with Gasteiger partial charge in [-0.15, -0.1) is 11.3 Å². The zero-order chi connectivity index (χ0) is 15.0. The summed E-state index contributed by atoms with van der Waals surface area (Å²) in [5.74, 6) is -0.840. The van der Waals surface area contributed by atoms with Crippen LogP contribution in [-0.2, 0) is 4.79 Å². The molecule has 0 aliphatic carbocycles. The first-order valence-electron chi connectivity index (χ1n) is 5.91. The number of Topliss-reactive ketones (excluding diaryl/α,β-unsaturated/α-hetero) is 1. The van der Waals surface area contributed by atoms with Crippen molar-refractivity contribution >= 4 is 52.3 Å². The minimum atomic E-state index is -0.586. The van der Waals surface area contributed by atoms with E-state index in [-0.39, 0.29) is 22.4 Å². The first kappa shape index (κ1) is 15.3. The molecular weight excluding hydrogens is 323 g/mol. The van der Waals surface area contributed by atoms with Crippen LogP contribution >= 0.6 is 34.5 Å². The topological polar surface area (TPSA) is 66.5 Å². The first-order valence-corrected chi connectivity index (χ1v) is 7.48. The Morgan fingerprint density at radius 1 is 1.45 bits per heavy atom. The summed E-state index contributed by atoms with van der Waals surface area (Å²) in [6.45, 7) is 3.31. The van der Waals surface area contributed by atoms with Crippen molar-refractivity contribution in [1.29, 1.82) is 0 Å². The molecule has 0 spiro atoms. The summed E-state index contributed by atoms with van der Waals surface area (Å²) in [5, 5.41) is 2.56. The van der Waals surface area contributed by atoms with Gasteiger partial charge in [0.05, 0.1) is 16.4 Å². The van der Waals surface area contributed by atoms with E-state index in [2.05, 4.69) is 5.32 Å². The van der Waals surface area contributed by atoms with Crippen LogP contribution in [0.4, 0.5) is 4.79 Å². The predicted octanol–water partition coefficient (Wildman–Crippen LogP) is 2.81. The Kier molecular flexibility index (Phi) is 4.36. The molecule has 2 rings (SSSR count). The normalized spacial score (nSPS) is 18.9. The zero-order valence-corrected chi connectivity index (χ0v) is 13.1. The van der Waals surface area contributed by atoms with Crippen LogP contribution in [0.15, 0.2) is 6.07 Å². The molecule has 1 aliphatic rings. The summed E-state index contributed by atoms with van der Waals surface area (Å²) in [7, 11) is 0. The van der Waals surface area contributed by atoms with Crippen molar-refractivity contribution in [3.8, 4) is 0 Å². The monoisotopic (exact) mass is 334 g/mol. The summed E-state index contributed by atoms with van der Waals surface area (Å²) in [5.41, 5.74) is 0.232. The Balaban J connectivity index is 2.14. The number of hydrogen-bond donors (Lipinski definition) is 1. The van der Waals surface area contributed by atoms with Crippen molar-refractivity contribution in [1.82, 2.24) is 10.2 Å². The third-order valence-electron chi connectivity index (χ3n) is 2.98. The van der Waals surface area contributed by atoms with Crippen LogP contribution in [0.2, 0.25) is 8.67 Å². The van der Waals surface area contributed by atoms with Crippen molar-refractivity contribution in [2.45, 2.75) is 19.9 Å². The highest BCUT2D eigenvalue weighted by Crippen LogP contribution is 2.31. The van der Waals surface area contributed by atoms with E-state index in [1.807, 2.05) is 13.8 Å². The number of halogens is 2. The Hall–Kier alpha value is -1.11. The van der Waals surface area contributed by atoms with Crippen LogP contribution in [0.3, 0.4) is 0 Å². The molecule has 0 radical (unpaired) electrons. The fraction of sp³-hybridized carbons (Fsp3) is 0.417. The molecule has 108 valence electrons. The van der Waals surface area contributed by atoms with E-state index in [1.165, 1.54) is 6.07 Å². The second-order valence-corrected chi connectivity index (χ2v) is 7.04. The third-order valence-corrected chi connectivity index (χ3v) is 4.47. The highest BCUT2D eigenvalue weighted by atomic mass is 35.5. The van der Waals surface area contributed by atoms with Gasteiger partial charge < -0.3 is 5.32 Å². The lowest BCUT2D eigenvalue weighted by Gasteiger charge is -2.13. The molecule has 1 aliphatic heterocycles. The van der Waals surface area contributed by atoms with Gasteiger partial charge in [0.2, 0.25) is 0 Å². The molecule has 3 amide bonds. The van der Waals surface area contributed by atoms with E-state index in [4.69, 9.17) is 23.2 Å². The van der Waals surface area contributed by atoms with Crippen molar-refractivity contribution < 1.29 is 14.4 Å². The van der Waals surface area contributed by atoms with Crippen LogP contribution in [0.25, 0.3) is 0 Å². The summed E-state index contributed by atoms with van der Waals surface area (Å²) in [6, 6.07) is 0.297. The minimum Gasteiger partial charge on any atom is -0.326 e. The summed E-state index contributed by atoms with van der Waals surface area (Å²) in [4.78, 5) is 36.8. The second-order valence-electron chi connectivity index (χ2n) is 4.76. The first-order chi connectivity index (χ1) is 9.31. The standard InChI is InChI=1S/C12H12Cl2N2O3S/c1-5(2)9-11(18)16(12(19)15-9)4-7(17)6-3-8(13)20-10(6)14/h3,5,9H,4H2,1-2H3,(H,15,19)/t9-/m0/s1. The van der Waals surface area contributed by atoms with Gasteiger partial charge in [-0.3, -0.25) is 14.5 Å². The average molecular weight is 335 g/mol. The summed E-state index contributed by atoms with van der Waals surface area (Å²) < 4.78 is 0.642. The van der Waals surface area contributed by atoms with Gasteiger partial charge in [-0.25, -0.2) is 4.79 Å². The number of hydrogen-bond acceptors (Lipinski definition) is 4. The molecule has 1 aromatic heterocycles. The summed E-state index contributed by atoms with van der Waals surface area (Å²) >= 11 is 12.7. The highest BCUT2D eigenvalue weighted by Gasteiger charge is 2.40. The van der Waals surface area contributed by atoms with E-state index >= 15 is 0 Å². The maximum absolute atomic E-state index is 12.1. The molecule has 0 bridgehead atoms. The van der Waals surface area contributed by atoms with E-state index in [1.54, 1.807) is 0 Å². The fourth-order valence-electron chi connectivity index (χ4n) is 1.90. The predicted molar refractivity (Wildman–Crippen MR) is 77.5 cm³/mol. The summed E-state index contributed by atoms with van der Waals surface area (Å²) in [6.07, 6.45) is 0. The molecule has 0 aromatic carbocycles. The maximum atomic E-state index is 12.1. The average Bonchev–Trinajstić information content (AvgIpc) is 2.82. The highest BCUT2D eigenvalue weighted by molar-refractivity contribution is 7.20. The Morgan fingerprint density at radius 3 is 2.55 bits per heavy atom. The Morgan fingerprint density at radius 2 is 2.10 bits per heavy atom. The molecule has 0 saturated carbocycles. The maximum Gasteiger partial charge on any atom is 0.325 e. The number of carbonyl (C=O) groups is 3. The van der Waals surface area contributed by atoms with Crippen molar-refractivity contribution in [3.63, 3.8) is 0 Å². The van der Waals surface area contributed by atoms with E-state index in [0.29, 0.717) is 4.34 Å². The van der Waals surface area contributed by atoms with Gasteiger partial charge in [-0.2, -0.15) is 0 Å². The molecule has 1 atom stereocenters. The number of thiophene rings is 1. The zero-order valence-electron chi connectivity index (χ0n) is 10.8. The lowest BCUT2D eigenvalue weighted by atomic mass is 10.0. The van der Waals surface area contributed by atoms with Gasteiger partial charge in [-0.05, 0) is 12.0 Å². The fourth-order valence-corrected chi connectivity index (χ4v) is 3.40. The van der Waals surface area contributed by atoms with Gasteiger partial charge in [0.1, 0.15) is 10.4 Å². The van der Waals surface area contributed by atoms with Gasteiger partial charge in [0.15, 0.2) is 5.78 Å². The van der Waals surface area contributed by atoms with E-state index < -0.39 is 23.8 Å². The number of amides is 3. The number of urea groups is 1. The molecule has 5 nitrogen and oxygen atoms in total. The molecule has 0 unspecified atom stereocenters. The molecule has 2 heterocycles. The quantitative estimate of drug-likeness (QED) is 0.680. The Bertz CT molecular complexity index is 585. The number of rotatable bonds is 4. The largest absolute Gasteiger partial charge is 0.326 e. The number of nitrogens with zero attached hydrogens (tertiary/aromatic N) is 1. The minimum absolute atomic E-state index is 0.0364. The molecule has 1 N–H and O–H groups in total. The SMILES string of the molecule is CC(C)[C@@H]1NC(=O)N(CC(=O)c2cc(Cl)sc2Cl)C1=O. The van der Waals surface area contributed by atoms with Crippen LogP contribution in [0.1, 0.15) is 24.2 Å². The molecule has 20 heavy (non-hydrogen) atoms. The van der Waals surface area contributed by atoms with Crippen LogP contribution in [-0.4, -0.2) is 35.2 Å². The van der Waals surface area contributed by atoms with Gasteiger partial charge in [0.25, 0.3) is 5.91 Å². The van der Waals surface area contributed by atoms with Gasteiger partial charge in [0, 0.05) is 0 Å². The van der Waals surface area contributed by atoms with Crippen LogP contribution < -0.4 is 5.32 Å². The van der Waals surface area contributed by atoms with Crippen molar-refractivity contribution in [3.05, 3.63) is 20.3 Å². The molecule has 8 heteroatoms. The van der Waals surface area contributed by atoms with E-state index in [0.717, 1.165) is 16.2 Å². The van der Waals surface area contributed by atoms with Crippen LogP contribution in [0.5, 0.6) is 0 Å². The van der Waals surface area contributed by atoms with Gasteiger partial charge >= 0.3 is 6.03 Å². The van der Waals surface area contributed by atoms with E-state index in [9.17, 15) is 14.4 Å². The number of imide groups is 1. The number of ketones is 1. The Labute approximate surface area is 129 Å². The lowest BCUT2D eigenvalue weighted by Crippen LogP contribution is -2.37. The number of carbonyl (C=O) groups excluding carboxylic acids is 3. The molecule has 1 aromatic rings. The lowest BCUT2D eigenvalue weighted by molar-refractivity contribution is -0.127. The molecular formula is C12H12Cl2N2O3S. The van der Waals surface area contributed by atoms with Gasteiger partial charge in [-0.1, -0.05) is 37.0 Å².